The molecule has 0 aliphatic heterocycles. The summed E-state index contributed by atoms with van der Waals surface area (Å²) in [6.07, 6.45) is 5.32. The molecule has 0 amide bonds. The van der Waals surface area contributed by atoms with Crippen molar-refractivity contribution >= 4 is 12.2 Å². The molecule has 0 aliphatic carbocycles. The van der Waals surface area contributed by atoms with Crippen molar-refractivity contribution in [3.63, 3.8) is 0 Å². The Bertz CT molecular complexity index is 492. The third kappa shape index (κ3) is 2.41. The van der Waals surface area contributed by atoms with Gasteiger partial charge < -0.3 is 9.72 Å². The second kappa shape index (κ2) is 4.52. The molecule has 2 rings (SSSR count). The largest absolute Gasteiger partial charge is 0.467 e. The second-order valence-electron chi connectivity index (χ2n) is 3.07. The molecular weight excluding hydrogens is 206 g/mol. The van der Waals surface area contributed by atoms with Gasteiger partial charge in [-0.15, -0.1) is 0 Å². The van der Waals surface area contributed by atoms with Crippen LogP contribution in [-0.2, 0) is 0 Å². The first-order valence-corrected chi connectivity index (χ1v) is 4.71. The van der Waals surface area contributed by atoms with E-state index in [0.717, 1.165) is 5.56 Å². The summed E-state index contributed by atoms with van der Waals surface area (Å²) in [5.41, 5.74) is 0.956. The zero-order valence-corrected chi connectivity index (χ0v) is 9.01. The van der Waals surface area contributed by atoms with Gasteiger partial charge in [-0.2, -0.15) is 15.0 Å². The Balaban J connectivity index is 2.24. The average molecular weight is 217 g/mol. The van der Waals surface area contributed by atoms with E-state index in [1.54, 1.807) is 13.1 Å². The van der Waals surface area contributed by atoms with Crippen LogP contribution in [0.4, 0.5) is 5.95 Å². The van der Waals surface area contributed by atoms with Gasteiger partial charge in [-0.3, -0.25) is 0 Å². The minimum Gasteiger partial charge on any atom is -0.467 e. The molecule has 82 valence electrons. The van der Waals surface area contributed by atoms with E-state index >= 15 is 0 Å². The molecule has 1 N–H and O–H groups in total. The number of methoxy groups -OCH3 is 1. The number of H-pyrrole nitrogens is 1. The molecule has 2 aromatic heterocycles. The average Bonchev–Trinajstić information content (AvgIpc) is 2.78. The Morgan fingerprint density at radius 3 is 2.94 bits per heavy atom. The monoisotopic (exact) mass is 217 g/mol. The smallest absolute Gasteiger partial charge is 0.321 e. The van der Waals surface area contributed by atoms with E-state index in [0.29, 0.717) is 11.8 Å². The van der Waals surface area contributed by atoms with Crippen LogP contribution < -0.4 is 4.74 Å². The zero-order chi connectivity index (χ0) is 11.4. The fourth-order valence-corrected chi connectivity index (χ4v) is 1.14. The molecule has 2 heterocycles. The predicted molar refractivity (Wildman–Crippen MR) is 59.2 cm³/mol. The first-order chi connectivity index (χ1) is 7.78. The van der Waals surface area contributed by atoms with Crippen molar-refractivity contribution in [3.8, 4) is 6.01 Å². The number of aromatic nitrogens is 4. The highest BCUT2D eigenvalue weighted by Crippen LogP contribution is 2.09. The molecule has 6 nitrogen and oxygen atoms in total. The van der Waals surface area contributed by atoms with Gasteiger partial charge >= 0.3 is 6.01 Å². The first kappa shape index (κ1) is 10.3. The van der Waals surface area contributed by atoms with Crippen LogP contribution in [0.25, 0.3) is 0 Å². The number of aryl methyl sites for hydroxylation is 1. The molecule has 0 saturated carbocycles. The standard InChI is InChI=1S/C10H11N5O/c1-7-13-9(15-10(14-7)16-2)12-6-8-3-4-11-5-8/h3-6,11H,1-2H3/b12-6+. The van der Waals surface area contributed by atoms with Crippen LogP contribution in [0.3, 0.4) is 0 Å². The van der Waals surface area contributed by atoms with Crippen molar-refractivity contribution in [2.75, 3.05) is 7.11 Å². The fourth-order valence-electron chi connectivity index (χ4n) is 1.14. The number of aromatic amines is 1. The van der Waals surface area contributed by atoms with Gasteiger partial charge in [-0.25, -0.2) is 4.99 Å². The van der Waals surface area contributed by atoms with Crippen LogP contribution >= 0.6 is 0 Å². The van der Waals surface area contributed by atoms with Crippen LogP contribution in [0.15, 0.2) is 23.5 Å². The fraction of sp³-hybridized carbons (Fsp3) is 0.200. The molecule has 0 atom stereocenters. The first-order valence-electron chi connectivity index (χ1n) is 4.71. The van der Waals surface area contributed by atoms with Gasteiger partial charge in [0, 0.05) is 24.2 Å². The third-order valence-electron chi connectivity index (χ3n) is 1.85. The number of hydrogen-bond donors (Lipinski definition) is 1. The van der Waals surface area contributed by atoms with Gasteiger partial charge in [0.2, 0.25) is 0 Å². The third-order valence-corrected chi connectivity index (χ3v) is 1.85. The number of hydrogen-bond acceptors (Lipinski definition) is 5. The van der Waals surface area contributed by atoms with Crippen molar-refractivity contribution < 1.29 is 4.74 Å². The summed E-state index contributed by atoms with van der Waals surface area (Å²) in [4.78, 5) is 19.1. The molecule has 0 radical (unpaired) electrons. The lowest BCUT2D eigenvalue weighted by molar-refractivity contribution is 0.377. The molecule has 0 aliphatic rings. The summed E-state index contributed by atoms with van der Waals surface area (Å²) in [7, 11) is 1.51. The van der Waals surface area contributed by atoms with Crippen molar-refractivity contribution in [3.05, 3.63) is 29.8 Å². The zero-order valence-electron chi connectivity index (χ0n) is 9.01. The van der Waals surface area contributed by atoms with Crippen LogP contribution in [0.1, 0.15) is 11.4 Å². The molecule has 0 spiro atoms. The maximum atomic E-state index is 4.93. The van der Waals surface area contributed by atoms with E-state index in [1.165, 1.54) is 7.11 Å². The lowest BCUT2D eigenvalue weighted by Crippen LogP contribution is -1.96. The lowest BCUT2D eigenvalue weighted by Gasteiger charge is -1.98. The van der Waals surface area contributed by atoms with E-state index in [1.807, 2.05) is 18.5 Å². The molecule has 2 aromatic rings. The molecule has 0 unspecified atom stereocenters. The normalized spacial score (nSPS) is 10.9. The van der Waals surface area contributed by atoms with E-state index in [4.69, 9.17) is 4.74 Å². The van der Waals surface area contributed by atoms with E-state index < -0.39 is 0 Å². The van der Waals surface area contributed by atoms with Gasteiger partial charge in [0.15, 0.2) is 0 Å². The number of ether oxygens (including phenoxy) is 1. The molecule has 0 fully saturated rings. The van der Waals surface area contributed by atoms with Crippen LogP contribution in [0, 0.1) is 6.92 Å². The summed E-state index contributed by atoms with van der Waals surface area (Å²) in [5, 5.41) is 0. The molecule has 16 heavy (non-hydrogen) atoms. The van der Waals surface area contributed by atoms with Gasteiger partial charge in [-0.05, 0) is 13.0 Å². The van der Waals surface area contributed by atoms with Crippen LogP contribution in [-0.4, -0.2) is 33.3 Å². The van der Waals surface area contributed by atoms with Gasteiger partial charge in [0.1, 0.15) is 5.82 Å². The van der Waals surface area contributed by atoms with E-state index in [2.05, 4.69) is 24.9 Å². The Labute approximate surface area is 92.5 Å². The Morgan fingerprint density at radius 1 is 1.38 bits per heavy atom. The maximum Gasteiger partial charge on any atom is 0.321 e. The Morgan fingerprint density at radius 2 is 2.25 bits per heavy atom. The van der Waals surface area contributed by atoms with Crippen molar-refractivity contribution in [1.82, 2.24) is 19.9 Å². The predicted octanol–water partition coefficient (Wildman–Crippen LogP) is 1.27. The number of aliphatic imine (C=N–C) groups is 1. The minimum atomic E-state index is 0.272. The molecule has 6 heteroatoms. The second-order valence-corrected chi connectivity index (χ2v) is 3.07. The van der Waals surface area contributed by atoms with Crippen molar-refractivity contribution in [2.45, 2.75) is 6.92 Å². The van der Waals surface area contributed by atoms with Gasteiger partial charge in [-0.1, -0.05) is 0 Å². The van der Waals surface area contributed by atoms with Crippen molar-refractivity contribution in [1.29, 1.82) is 0 Å². The SMILES string of the molecule is COc1nc(C)nc(/N=C/c2cc[nH]c2)n1. The maximum absolute atomic E-state index is 4.93. The Kier molecular flexibility index (Phi) is 2.90. The van der Waals surface area contributed by atoms with E-state index in [9.17, 15) is 0 Å². The van der Waals surface area contributed by atoms with Crippen LogP contribution in [0.2, 0.25) is 0 Å². The summed E-state index contributed by atoms with van der Waals surface area (Å²) in [6.45, 7) is 1.76. The lowest BCUT2D eigenvalue weighted by atomic mass is 10.4. The summed E-state index contributed by atoms with van der Waals surface area (Å²) >= 11 is 0. The highest BCUT2D eigenvalue weighted by atomic mass is 16.5. The highest BCUT2D eigenvalue weighted by Gasteiger charge is 2.01. The summed E-state index contributed by atoms with van der Waals surface area (Å²) in [6, 6.07) is 2.17. The van der Waals surface area contributed by atoms with E-state index in [-0.39, 0.29) is 6.01 Å². The number of nitrogens with zero attached hydrogens (tertiary/aromatic N) is 4. The molecule has 0 aromatic carbocycles. The quantitative estimate of drug-likeness (QED) is 0.785. The molecular formula is C10H11N5O. The Hall–Kier alpha value is -2.24. The van der Waals surface area contributed by atoms with Gasteiger partial charge in [0.05, 0.1) is 7.11 Å². The number of nitrogens with one attached hydrogen (secondary N) is 1. The summed E-state index contributed by atoms with van der Waals surface area (Å²) < 4.78 is 4.93. The molecule has 0 bridgehead atoms. The van der Waals surface area contributed by atoms with Gasteiger partial charge in [0.25, 0.3) is 5.95 Å². The topological polar surface area (TPSA) is 76.1 Å². The van der Waals surface area contributed by atoms with Crippen LogP contribution in [0.5, 0.6) is 6.01 Å². The summed E-state index contributed by atoms with van der Waals surface area (Å²) in [5.74, 6) is 0.915. The minimum absolute atomic E-state index is 0.272. The molecule has 0 saturated heterocycles. The van der Waals surface area contributed by atoms with Crippen molar-refractivity contribution in [2.24, 2.45) is 4.99 Å². The highest BCUT2D eigenvalue weighted by molar-refractivity contribution is 5.80. The number of rotatable bonds is 3.